The van der Waals surface area contributed by atoms with Crippen LogP contribution in [-0.2, 0) is 0 Å². The van der Waals surface area contributed by atoms with Gasteiger partial charge in [0.2, 0.25) is 0 Å². The van der Waals surface area contributed by atoms with E-state index in [9.17, 15) is 0 Å². The van der Waals surface area contributed by atoms with Crippen LogP contribution in [0.15, 0.2) is 0 Å². The van der Waals surface area contributed by atoms with Crippen molar-refractivity contribution < 1.29 is 0 Å². The molecular formula is C13H28N2. The van der Waals surface area contributed by atoms with Gasteiger partial charge in [0, 0.05) is 25.7 Å². The number of nitrogens with zero attached hydrogens (tertiary/aromatic N) is 1. The van der Waals surface area contributed by atoms with Gasteiger partial charge in [-0.05, 0) is 31.2 Å². The lowest BCUT2D eigenvalue weighted by atomic mass is 9.89. The molecule has 1 aliphatic heterocycles. The normalized spacial score (nSPS) is 25.2. The molecule has 0 bridgehead atoms. The number of hydrogen-bond donors (Lipinski definition) is 1. The minimum atomic E-state index is 0.478. The SMILES string of the molecule is CCC1CCN(CC(C)(C)CC)CCN1. The molecule has 1 N–H and O–H groups in total. The van der Waals surface area contributed by atoms with E-state index >= 15 is 0 Å². The Hall–Kier alpha value is -0.0800. The van der Waals surface area contributed by atoms with Gasteiger partial charge in [-0.1, -0.05) is 27.7 Å². The molecule has 1 fully saturated rings. The van der Waals surface area contributed by atoms with E-state index < -0.39 is 0 Å². The first-order valence-electron chi connectivity index (χ1n) is 6.53. The Balaban J connectivity index is 2.37. The summed E-state index contributed by atoms with van der Waals surface area (Å²) in [6.45, 7) is 14.2. The maximum atomic E-state index is 3.62. The van der Waals surface area contributed by atoms with Gasteiger partial charge < -0.3 is 10.2 Å². The van der Waals surface area contributed by atoms with Crippen molar-refractivity contribution in [2.75, 3.05) is 26.2 Å². The van der Waals surface area contributed by atoms with Crippen molar-refractivity contribution in [3.63, 3.8) is 0 Å². The summed E-state index contributed by atoms with van der Waals surface area (Å²) in [5, 5.41) is 3.62. The predicted molar refractivity (Wildman–Crippen MR) is 67.2 cm³/mol. The molecule has 90 valence electrons. The second-order valence-corrected chi connectivity index (χ2v) is 5.64. The third-order valence-electron chi connectivity index (χ3n) is 3.76. The zero-order chi connectivity index (χ0) is 11.3. The molecule has 0 saturated carbocycles. The number of hydrogen-bond acceptors (Lipinski definition) is 2. The summed E-state index contributed by atoms with van der Waals surface area (Å²) >= 11 is 0. The van der Waals surface area contributed by atoms with Gasteiger partial charge in [0.25, 0.3) is 0 Å². The molecule has 1 rings (SSSR count). The van der Waals surface area contributed by atoms with Gasteiger partial charge in [0.05, 0.1) is 0 Å². The van der Waals surface area contributed by atoms with Crippen LogP contribution < -0.4 is 5.32 Å². The van der Waals surface area contributed by atoms with E-state index in [1.54, 1.807) is 0 Å². The van der Waals surface area contributed by atoms with Crippen LogP contribution in [0.1, 0.15) is 47.0 Å². The van der Waals surface area contributed by atoms with Crippen molar-refractivity contribution in [1.82, 2.24) is 10.2 Å². The third kappa shape index (κ3) is 4.52. The first-order valence-corrected chi connectivity index (χ1v) is 6.53. The van der Waals surface area contributed by atoms with Gasteiger partial charge in [0.15, 0.2) is 0 Å². The predicted octanol–water partition coefficient (Wildman–Crippen LogP) is 2.50. The summed E-state index contributed by atoms with van der Waals surface area (Å²) in [4.78, 5) is 2.63. The van der Waals surface area contributed by atoms with Gasteiger partial charge in [-0.15, -0.1) is 0 Å². The molecule has 0 aromatic rings. The molecular weight excluding hydrogens is 184 g/mol. The quantitative estimate of drug-likeness (QED) is 0.770. The Morgan fingerprint density at radius 2 is 2.00 bits per heavy atom. The first kappa shape index (κ1) is 13.0. The molecule has 0 aliphatic carbocycles. The summed E-state index contributed by atoms with van der Waals surface area (Å²) in [5.74, 6) is 0. The summed E-state index contributed by atoms with van der Waals surface area (Å²) < 4.78 is 0. The van der Waals surface area contributed by atoms with E-state index in [2.05, 4.69) is 37.9 Å². The van der Waals surface area contributed by atoms with Crippen LogP contribution in [0.5, 0.6) is 0 Å². The van der Waals surface area contributed by atoms with Gasteiger partial charge in [-0.3, -0.25) is 0 Å². The highest BCUT2D eigenvalue weighted by Crippen LogP contribution is 2.21. The van der Waals surface area contributed by atoms with Crippen molar-refractivity contribution >= 4 is 0 Å². The minimum absolute atomic E-state index is 0.478. The van der Waals surface area contributed by atoms with Crippen molar-refractivity contribution in [3.05, 3.63) is 0 Å². The minimum Gasteiger partial charge on any atom is -0.313 e. The molecule has 15 heavy (non-hydrogen) atoms. The molecule has 0 spiro atoms. The molecule has 0 radical (unpaired) electrons. The van der Waals surface area contributed by atoms with Crippen LogP contribution >= 0.6 is 0 Å². The summed E-state index contributed by atoms with van der Waals surface area (Å²) in [6.07, 6.45) is 3.86. The topological polar surface area (TPSA) is 15.3 Å². The summed E-state index contributed by atoms with van der Waals surface area (Å²) in [5.41, 5.74) is 0.478. The lowest BCUT2D eigenvalue weighted by molar-refractivity contribution is 0.181. The van der Waals surface area contributed by atoms with Crippen LogP contribution in [-0.4, -0.2) is 37.1 Å². The second-order valence-electron chi connectivity index (χ2n) is 5.64. The molecule has 2 nitrogen and oxygen atoms in total. The number of nitrogens with one attached hydrogen (secondary N) is 1. The van der Waals surface area contributed by atoms with E-state index in [0.717, 1.165) is 12.6 Å². The molecule has 2 heteroatoms. The van der Waals surface area contributed by atoms with Crippen molar-refractivity contribution in [2.24, 2.45) is 5.41 Å². The van der Waals surface area contributed by atoms with Gasteiger partial charge in [-0.2, -0.15) is 0 Å². The van der Waals surface area contributed by atoms with E-state index in [4.69, 9.17) is 0 Å². The maximum absolute atomic E-state index is 3.62. The summed E-state index contributed by atoms with van der Waals surface area (Å²) in [6, 6.07) is 0.750. The fourth-order valence-electron chi connectivity index (χ4n) is 2.20. The van der Waals surface area contributed by atoms with Crippen molar-refractivity contribution in [2.45, 2.75) is 53.0 Å². The van der Waals surface area contributed by atoms with Crippen LogP contribution in [0.2, 0.25) is 0 Å². The highest BCUT2D eigenvalue weighted by Gasteiger charge is 2.22. The highest BCUT2D eigenvalue weighted by atomic mass is 15.2. The molecule has 1 aliphatic rings. The smallest absolute Gasteiger partial charge is 0.0107 e. The zero-order valence-corrected chi connectivity index (χ0v) is 11.0. The lowest BCUT2D eigenvalue weighted by Gasteiger charge is -2.31. The van der Waals surface area contributed by atoms with Crippen LogP contribution in [0.3, 0.4) is 0 Å². The molecule has 1 saturated heterocycles. The van der Waals surface area contributed by atoms with Crippen molar-refractivity contribution in [1.29, 1.82) is 0 Å². The molecule has 1 unspecified atom stereocenters. The largest absolute Gasteiger partial charge is 0.313 e. The van der Waals surface area contributed by atoms with E-state index in [1.807, 2.05) is 0 Å². The van der Waals surface area contributed by atoms with Crippen LogP contribution in [0.4, 0.5) is 0 Å². The zero-order valence-electron chi connectivity index (χ0n) is 11.0. The Kier molecular flexibility index (Phi) is 5.07. The standard InChI is InChI=1S/C13H28N2/c1-5-12-7-9-15(10-8-14-12)11-13(3,4)6-2/h12,14H,5-11H2,1-4H3. The van der Waals surface area contributed by atoms with E-state index in [1.165, 1.54) is 38.9 Å². The molecule has 0 aromatic carbocycles. The van der Waals surface area contributed by atoms with Gasteiger partial charge >= 0.3 is 0 Å². The fraction of sp³-hybridized carbons (Fsp3) is 1.00. The Bertz CT molecular complexity index is 177. The number of rotatable bonds is 4. The molecule has 0 aromatic heterocycles. The molecule has 0 amide bonds. The van der Waals surface area contributed by atoms with Crippen molar-refractivity contribution in [3.8, 4) is 0 Å². The Morgan fingerprint density at radius 3 is 2.60 bits per heavy atom. The van der Waals surface area contributed by atoms with Gasteiger partial charge in [0.1, 0.15) is 0 Å². The lowest BCUT2D eigenvalue weighted by Crippen LogP contribution is -2.36. The third-order valence-corrected chi connectivity index (χ3v) is 3.76. The van der Waals surface area contributed by atoms with Crippen LogP contribution in [0, 0.1) is 5.41 Å². The van der Waals surface area contributed by atoms with E-state index in [-0.39, 0.29) is 0 Å². The fourth-order valence-corrected chi connectivity index (χ4v) is 2.20. The molecule has 1 atom stereocenters. The Labute approximate surface area is 95.4 Å². The Morgan fingerprint density at radius 1 is 1.27 bits per heavy atom. The van der Waals surface area contributed by atoms with E-state index in [0.29, 0.717) is 5.41 Å². The van der Waals surface area contributed by atoms with Gasteiger partial charge in [-0.25, -0.2) is 0 Å². The van der Waals surface area contributed by atoms with Crippen LogP contribution in [0.25, 0.3) is 0 Å². The first-order chi connectivity index (χ1) is 7.07. The average Bonchev–Trinajstić information content (AvgIpc) is 2.43. The highest BCUT2D eigenvalue weighted by molar-refractivity contribution is 4.78. The second kappa shape index (κ2) is 5.86. The average molecular weight is 212 g/mol. The molecule has 1 heterocycles. The summed E-state index contributed by atoms with van der Waals surface area (Å²) in [7, 11) is 0. The maximum Gasteiger partial charge on any atom is 0.0107 e. The monoisotopic (exact) mass is 212 g/mol.